The second-order valence-corrected chi connectivity index (χ2v) is 4.54. The first-order valence-corrected chi connectivity index (χ1v) is 6.06. The largest absolute Gasteiger partial charge is 0.507 e. The first-order chi connectivity index (χ1) is 9.22. The average Bonchev–Trinajstić information content (AvgIpc) is 2.87. The van der Waals surface area contributed by atoms with Gasteiger partial charge in [-0.15, -0.1) is 0 Å². The quantitative estimate of drug-likeness (QED) is 0.699. The molecule has 0 aliphatic carbocycles. The highest BCUT2D eigenvalue weighted by molar-refractivity contribution is 6.30. The predicted molar refractivity (Wildman–Crippen MR) is 76.5 cm³/mol. The molecular formula is C14H10ClN3O. The molecule has 1 aromatic heterocycles. The number of fused-ring (bicyclic) bond motifs is 1. The number of phenolic OH excluding ortho intramolecular Hbond substituents is 1. The van der Waals surface area contributed by atoms with E-state index in [1.807, 2.05) is 18.2 Å². The number of aromatic nitrogens is 2. The maximum atomic E-state index is 9.69. The Balaban J connectivity index is 1.95. The van der Waals surface area contributed by atoms with Crippen molar-refractivity contribution in [2.24, 2.45) is 4.99 Å². The van der Waals surface area contributed by atoms with E-state index in [-0.39, 0.29) is 5.75 Å². The Bertz CT molecular complexity index is 764. The summed E-state index contributed by atoms with van der Waals surface area (Å²) in [5, 5.41) is 18.1. The fourth-order valence-electron chi connectivity index (χ4n) is 1.78. The fraction of sp³-hybridized carbons (Fsp3) is 0. The van der Waals surface area contributed by atoms with Crippen molar-refractivity contribution in [1.82, 2.24) is 10.2 Å². The minimum Gasteiger partial charge on any atom is -0.507 e. The van der Waals surface area contributed by atoms with Gasteiger partial charge in [0.25, 0.3) is 0 Å². The molecule has 0 saturated heterocycles. The van der Waals surface area contributed by atoms with Gasteiger partial charge in [-0.25, -0.2) is 0 Å². The molecule has 0 unspecified atom stereocenters. The summed E-state index contributed by atoms with van der Waals surface area (Å²) in [5.41, 5.74) is 2.28. The first kappa shape index (κ1) is 11.7. The number of aromatic hydroxyl groups is 1. The topological polar surface area (TPSA) is 61.3 Å². The van der Waals surface area contributed by atoms with E-state index in [2.05, 4.69) is 15.2 Å². The van der Waals surface area contributed by atoms with Gasteiger partial charge in [-0.1, -0.05) is 11.6 Å². The van der Waals surface area contributed by atoms with E-state index < -0.39 is 0 Å². The van der Waals surface area contributed by atoms with Crippen LogP contribution >= 0.6 is 11.6 Å². The Hall–Kier alpha value is -2.33. The van der Waals surface area contributed by atoms with Crippen molar-refractivity contribution in [1.29, 1.82) is 0 Å². The van der Waals surface area contributed by atoms with Gasteiger partial charge in [0.1, 0.15) is 5.75 Å². The van der Waals surface area contributed by atoms with Crippen molar-refractivity contribution in [3.05, 3.63) is 53.2 Å². The van der Waals surface area contributed by atoms with Crippen LogP contribution in [0, 0.1) is 0 Å². The van der Waals surface area contributed by atoms with Crippen molar-refractivity contribution >= 4 is 34.4 Å². The summed E-state index contributed by atoms with van der Waals surface area (Å²) in [5.74, 6) is 0.149. The highest BCUT2D eigenvalue weighted by Crippen LogP contribution is 2.22. The number of aromatic amines is 1. The molecule has 0 radical (unpaired) electrons. The molecule has 1 heterocycles. The van der Waals surface area contributed by atoms with Crippen molar-refractivity contribution in [3.63, 3.8) is 0 Å². The second-order valence-electron chi connectivity index (χ2n) is 4.10. The predicted octanol–water partition coefficient (Wildman–Crippen LogP) is 3.67. The molecule has 94 valence electrons. The number of benzene rings is 2. The standard InChI is InChI=1S/C14H10ClN3O/c15-11-2-4-14(19)10(5-11)7-16-12-3-1-9-8-17-18-13(9)6-12/h1-8,19H,(H,17,18). The van der Waals surface area contributed by atoms with Crippen LogP contribution in [0.1, 0.15) is 5.56 Å². The Morgan fingerprint density at radius 3 is 3.00 bits per heavy atom. The number of hydrogen-bond donors (Lipinski definition) is 2. The zero-order valence-corrected chi connectivity index (χ0v) is 10.6. The van der Waals surface area contributed by atoms with Crippen molar-refractivity contribution in [3.8, 4) is 5.75 Å². The molecule has 2 N–H and O–H groups in total. The summed E-state index contributed by atoms with van der Waals surface area (Å²) in [6.07, 6.45) is 3.34. The Labute approximate surface area is 114 Å². The van der Waals surface area contributed by atoms with Gasteiger partial charge >= 0.3 is 0 Å². The molecule has 3 rings (SSSR count). The first-order valence-electron chi connectivity index (χ1n) is 5.68. The second kappa shape index (κ2) is 4.74. The van der Waals surface area contributed by atoms with Gasteiger partial charge < -0.3 is 5.11 Å². The number of aliphatic imine (C=N–C) groups is 1. The molecule has 0 fully saturated rings. The fourth-order valence-corrected chi connectivity index (χ4v) is 1.96. The molecule has 5 heteroatoms. The van der Waals surface area contributed by atoms with Gasteiger partial charge in [-0.05, 0) is 36.4 Å². The van der Waals surface area contributed by atoms with E-state index in [9.17, 15) is 5.11 Å². The third-order valence-corrected chi connectivity index (χ3v) is 3.00. The molecule has 0 aliphatic rings. The molecule has 0 bridgehead atoms. The number of nitrogens with one attached hydrogen (secondary N) is 1. The van der Waals surface area contributed by atoms with E-state index in [1.165, 1.54) is 0 Å². The molecular weight excluding hydrogens is 262 g/mol. The molecule has 0 amide bonds. The van der Waals surface area contributed by atoms with Crippen LogP contribution in [0.2, 0.25) is 5.02 Å². The maximum Gasteiger partial charge on any atom is 0.124 e. The van der Waals surface area contributed by atoms with Crippen LogP contribution in [-0.2, 0) is 0 Å². The van der Waals surface area contributed by atoms with E-state index in [1.54, 1.807) is 30.6 Å². The summed E-state index contributed by atoms with van der Waals surface area (Å²) in [6.45, 7) is 0. The lowest BCUT2D eigenvalue weighted by Crippen LogP contribution is -1.82. The maximum absolute atomic E-state index is 9.69. The highest BCUT2D eigenvalue weighted by Gasteiger charge is 2.00. The van der Waals surface area contributed by atoms with Gasteiger partial charge in [-0.3, -0.25) is 10.1 Å². The number of phenols is 1. The van der Waals surface area contributed by atoms with Gasteiger partial charge in [-0.2, -0.15) is 5.10 Å². The van der Waals surface area contributed by atoms with E-state index in [0.29, 0.717) is 10.6 Å². The normalized spacial score (nSPS) is 11.4. The molecule has 2 aromatic carbocycles. The number of H-pyrrole nitrogens is 1. The minimum absolute atomic E-state index is 0.149. The molecule has 0 spiro atoms. The number of nitrogens with zero attached hydrogens (tertiary/aromatic N) is 2. The number of rotatable bonds is 2. The lowest BCUT2D eigenvalue weighted by atomic mass is 10.2. The minimum atomic E-state index is 0.149. The van der Waals surface area contributed by atoms with E-state index >= 15 is 0 Å². The molecule has 0 aliphatic heterocycles. The summed E-state index contributed by atoms with van der Waals surface area (Å²) in [7, 11) is 0. The molecule has 0 saturated carbocycles. The highest BCUT2D eigenvalue weighted by atomic mass is 35.5. The SMILES string of the molecule is Oc1ccc(Cl)cc1C=Nc1ccc2cn[nH]c2c1. The monoisotopic (exact) mass is 271 g/mol. The Morgan fingerprint density at radius 1 is 1.21 bits per heavy atom. The van der Waals surface area contributed by atoms with Gasteiger partial charge in [0.15, 0.2) is 0 Å². The summed E-state index contributed by atoms with van der Waals surface area (Å²) < 4.78 is 0. The lowest BCUT2D eigenvalue weighted by Gasteiger charge is -1.99. The smallest absolute Gasteiger partial charge is 0.124 e. The van der Waals surface area contributed by atoms with Gasteiger partial charge in [0, 0.05) is 22.2 Å². The molecule has 19 heavy (non-hydrogen) atoms. The zero-order valence-electron chi connectivity index (χ0n) is 9.84. The van der Waals surface area contributed by atoms with Crippen molar-refractivity contribution in [2.75, 3.05) is 0 Å². The average molecular weight is 272 g/mol. The van der Waals surface area contributed by atoms with Gasteiger partial charge in [0.2, 0.25) is 0 Å². The van der Waals surface area contributed by atoms with Crippen LogP contribution < -0.4 is 0 Å². The molecule has 4 nitrogen and oxygen atoms in total. The van der Waals surface area contributed by atoms with Crippen molar-refractivity contribution < 1.29 is 5.11 Å². The van der Waals surface area contributed by atoms with Crippen LogP contribution in [0.3, 0.4) is 0 Å². The van der Waals surface area contributed by atoms with Crippen LogP contribution in [-0.4, -0.2) is 21.5 Å². The Kier molecular flexibility index (Phi) is 2.93. The molecule has 0 atom stereocenters. The van der Waals surface area contributed by atoms with E-state index in [0.717, 1.165) is 16.6 Å². The van der Waals surface area contributed by atoms with Crippen LogP contribution in [0.25, 0.3) is 10.9 Å². The third kappa shape index (κ3) is 2.44. The van der Waals surface area contributed by atoms with Crippen LogP contribution in [0.4, 0.5) is 5.69 Å². The summed E-state index contributed by atoms with van der Waals surface area (Å²) >= 11 is 5.88. The summed E-state index contributed by atoms with van der Waals surface area (Å²) in [4.78, 5) is 4.32. The molecule has 3 aromatic rings. The van der Waals surface area contributed by atoms with Crippen LogP contribution in [0.15, 0.2) is 47.6 Å². The third-order valence-electron chi connectivity index (χ3n) is 2.77. The van der Waals surface area contributed by atoms with Crippen molar-refractivity contribution in [2.45, 2.75) is 0 Å². The number of halogens is 1. The number of hydrogen-bond acceptors (Lipinski definition) is 3. The summed E-state index contributed by atoms with van der Waals surface area (Å²) in [6, 6.07) is 10.5. The van der Waals surface area contributed by atoms with Crippen LogP contribution in [0.5, 0.6) is 5.75 Å². The zero-order chi connectivity index (χ0) is 13.2. The van der Waals surface area contributed by atoms with Gasteiger partial charge in [0.05, 0.1) is 17.4 Å². The lowest BCUT2D eigenvalue weighted by molar-refractivity contribution is 0.474. The Morgan fingerprint density at radius 2 is 2.11 bits per heavy atom. The van der Waals surface area contributed by atoms with E-state index in [4.69, 9.17) is 11.6 Å².